The molecule has 0 amide bonds. The van der Waals surface area contributed by atoms with Gasteiger partial charge in [-0.1, -0.05) is 45.4 Å². The van der Waals surface area contributed by atoms with Crippen molar-refractivity contribution in [3.05, 3.63) is 0 Å². The normalized spacial score (nSPS) is 11.4. The zero-order valence-corrected chi connectivity index (χ0v) is 13.7. The van der Waals surface area contributed by atoms with E-state index in [9.17, 15) is 0 Å². The van der Waals surface area contributed by atoms with E-state index in [2.05, 4.69) is 6.92 Å². The van der Waals surface area contributed by atoms with Gasteiger partial charge in [-0.05, 0) is 12.8 Å². The summed E-state index contributed by atoms with van der Waals surface area (Å²) in [6.45, 7) is 4.65. The van der Waals surface area contributed by atoms with Crippen LogP contribution in [0.25, 0.3) is 0 Å². The van der Waals surface area contributed by atoms with Gasteiger partial charge in [0.2, 0.25) is 0 Å². The first-order valence-corrected chi connectivity index (χ1v) is 8.06. The van der Waals surface area contributed by atoms with Crippen LogP contribution in [0.1, 0.15) is 58.3 Å². The highest BCUT2D eigenvalue weighted by Crippen LogP contribution is 2.12. The van der Waals surface area contributed by atoms with E-state index in [4.69, 9.17) is 18.9 Å². The lowest BCUT2D eigenvalue weighted by Gasteiger charge is -2.18. The summed E-state index contributed by atoms with van der Waals surface area (Å²) in [6.07, 6.45) is 9.99. The van der Waals surface area contributed by atoms with Crippen molar-refractivity contribution < 1.29 is 18.9 Å². The second kappa shape index (κ2) is 16.9. The molecule has 0 saturated heterocycles. The van der Waals surface area contributed by atoms with Gasteiger partial charge in [0.15, 0.2) is 6.29 Å². The molecule has 0 saturated carbocycles. The Morgan fingerprint density at radius 2 is 1.15 bits per heavy atom. The number of hydrogen-bond acceptors (Lipinski definition) is 4. The Morgan fingerprint density at radius 1 is 0.650 bits per heavy atom. The fourth-order valence-corrected chi connectivity index (χ4v) is 2.01. The summed E-state index contributed by atoms with van der Waals surface area (Å²) in [7, 11) is 3.36. The summed E-state index contributed by atoms with van der Waals surface area (Å²) >= 11 is 0. The maximum Gasteiger partial charge on any atom is 0.157 e. The fourth-order valence-electron chi connectivity index (χ4n) is 2.01. The molecule has 0 aliphatic carbocycles. The number of methoxy groups -OCH3 is 2. The molecule has 0 fully saturated rings. The van der Waals surface area contributed by atoms with E-state index in [1.807, 2.05) is 0 Å². The van der Waals surface area contributed by atoms with Gasteiger partial charge >= 0.3 is 0 Å². The van der Waals surface area contributed by atoms with Gasteiger partial charge in [-0.3, -0.25) is 0 Å². The average Bonchev–Trinajstić information content (AvgIpc) is 2.46. The number of unbranched alkanes of at least 4 members (excludes halogenated alkanes) is 6. The minimum absolute atomic E-state index is 0.115. The van der Waals surface area contributed by atoms with Gasteiger partial charge in [0.1, 0.15) is 0 Å². The van der Waals surface area contributed by atoms with Crippen LogP contribution >= 0.6 is 0 Å². The van der Waals surface area contributed by atoms with Crippen LogP contribution in [0.3, 0.4) is 0 Å². The van der Waals surface area contributed by atoms with E-state index in [1.54, 1.807) is 14.2 Å². The largest absolute Gasteiger partial charge is 0.382 e. The maximum absolute atomic E-state index is 5.67. The molecule has 0 heterocycles. The van der Waals surface area contributed by atoms with Crippen molar-refractivity contribution in [3.8, 4) is 0 Å². The number of rotatable bonds is 16. The predicted octanol–water partition coefficient (Wildman–Crippen LogP) is 3.78. The molecule has 0 aromatic heterocycles. The topological polar surface area (TPSA) is 36.9 Å². The van der Waals surface area contributed by atoms with Crippen molar-refractivity contribution in [2.24, 2.45) is 0 Å². The van der Waals surface area contributed by atoms with Crippen molar-refractivity contribution >= 4 is 0 Å². The van der Waals surface area contributed by atoms with Crippen LogP contribution < -0.4 is 0 Å². The Hall–Kier alpha value is -0.160. The standard InChI is InChI=1S/C16H34O4/c1-4-5-6-7-8-9-10-11-16(19-14-12-17-2)20-15-13-18-3/h16H,4-15H2,1-3H3. The minimum Gasteiger partial charge on any atom is -0.382 e. The fraction of sp³-hybridized carbons (Fsp3) is 1.00. The van der Waals surface area contributed by atoms with Gasteiger partial charge in [0.05, 0.1) is 26.4 Å². The summed E-state index contributed by atoms with van der Waals surface area (Å²) in [4.78, 5) is 0. The molecule has 20 heavy (non-hydrogen) atoms. The Morgan fingerprint density at radius 3 is 1.65 bits per heavy atom. The van der Waals surface area contributed by atoms with Crippen LogP contribution in [-0.2, 0) is 18.9 Å². The highest BCUT2D eigenvalue weighted by atomic mass is 16.7. The van der Waals surface area contributed by atoms with E-state index in [0.29, 0.717) is 26.4 Å². The molecular formula is C16H34O4. The lowest BCUT2D eigenvalue weighted by molar-refractivity contribution is -0.158. The second-order valence-corrected chi connectivity index (χ2v) is 5.07. The summed E-state index contributed by atoms with van der Waals surface area (Å²) in [6, 6.07) is 0. The molecule has 0 spiro atoms. The molecule has 0 bridgehead atoms. The number of hydrogen-bond donors (Lipinski definition) is 0. The van der Waals surface area contributed by atoms with E-state index >= 15 is 0 Å². The first-order chi connectivity index (χ1) is 9.85. The van der Waals surface area contributed by atoms with Crippen molar-refractivity contribution in [2.45, 2.75) is 64.6 Å². The Kier molecular flexibility index (Phi) is 16.8. The van der Waals surface area contributed by atoms with Crippen LogP contribution in [0.5, 0.6) is 0 Å². The molecule has 0 aliphatic heterocycles. The molecule has 0 rings (SSSR count). The molecule has 0 atom stereocenters. The lowest BCUT2D eigenvalue weighted by Crippen LogP contribution is -2.21. The van der Waals surface area contributed by atoms with Crippen molar-refractivity contribution in [2.75, 3.05) is 40.6 Å². The van der Waals surface area contributed by atoms with E-state index in [0.717, 1.165) is 12.8 Å². The van der Waals surface area contributed by atoms with E-state index < -0.39 is 0 Å². The van der Waals surface area contributed by atoms with Crippen LogP contribution in [-0.4, -0.2) is 46.9 Å². The van der Waals surface area contributed by atoms with Crippen LogP contribution in [0, 0.1) is 0 Å². The summed E-state index contributed by atoms with van der Waals surface area (Å²) < 4.78 is 21.3. The molecule has 4 nitrogen and oxygen atoms in total. The first kappa shape index (κ1) is 19.8. The van der Waals surface area contributed by atoms with E-state index in [1.165, 1.54) is 38.5 Å². The molecule has 0 radical (unpaired) electrons. The lowest BCUT2D eigenvalue weighted by atomic mass is 10.1. The Labute approximate surface area is 125 Å². The quantitative estimate of drug-likeness (QED) is 0.320. The highest BCUT2D eigenvalue weighted by Gasteiger charge is 2.09. The van der Waals surface area contributed by atoms with Gasteiger partial charge in [-0.2, -0.15) is 0 Å². The molecule has 0 unspecified atom stereocenters. The zero-order valence-electron chi connectivity index (χ0n) is 13.7. The smallest absolute Gasteiger partial charge is 0.157 e. The molecule has 0 aromatic rings. The third kappa shape index (κ3) is 14.3. The second-order valence-electron chi connectivity index (χ2n) is 5.07. The highest BCUT2D eigenvalue weighted by molar-refractivity contribution is 4.50. The number of ether oxygens (including phenoxy) is 4. The summed E-state index contributed by atoms with van der Waals surface area (Å²) in [5.74, 6) is 0. The monoisotopic (exact) mass is 290 g/mol. The van der Waals surface area contributed by atoms with Crippen LogP contribution in [0.4, 0.5) is 0 Å². The van der Waals surface area contributed by atoms with Crippen LogP contribution in [0.15, 0.2) is 0 Å². The van der Waals surface area contributed by atoms with Gasteiger partial charge in [-0.25, -0.2) is 0 Å². The minimum atomic E-state index is -0.115. The average molecular weight is 290 g/mol. The molecule has 122 valence electrons. The van der Waals surface area contributed by atoms with Crippen molar-refractivity contribution in [1.29, 1.82) is 0 Å². The summed E-state index contributed by atoms with van der Waals surface area (Å²) in [5.41, 5.74) is 0. The summed E-state index contributed by atoms with van der Waals surface area (Å²) in [5, 5.41) is 0. The molecular weight excluding hydrogens is 256 g/mol. The SMILES string of the molecule is CCCCCCCCCC(OCCOC)OCCOC. The molecule has 0 aromatic carbocycles. The van der Waals surface area contributed by atoms with Gasteiger partial charge in [0, 0.05) is 14.2 Å². The van der Waals surface area contributed by atoms with E-state index in [-0.39, 0.29) is 6.29 Å². The third-order valence-electron chi connectivity index (χ3n) is 3.23. The Balaban J connectivity index is 3.56. The molecule has 0 aliphatic rings. The first-order valence-electron chi connectivity index (χ1n) is 8.06. The van der Waals surface area contributed by atoms with Gasteiger partial charge < -0.3 is 18.9 Å². The van der Waals surface area contributed by atoms with Crippen LogP contribution in [0.2, 0.25) is 0 Å². The van der Waals surface area contributed by atoms with Crippen molar-refractivity contribution in [3.63, 3.8) is 0 Å². The van der Waals surface area contributed by atoms with Gasteiger partial charge in [-0.15, -0.1) is 0 Å². The maximum atomic E-state index is 5.67. The van der Waals surface area contributed by atoms with Gasteiger partial charge in [0.25, 0.3) is 0 Å². The Bertz CT molecular complexity index is 166. The molecule has 0 N–H and O–H groups in total. The molecule has 4 heteroatoms. The third-order valence-corrected chi connectivity index (χ3v) is 3.23. The van der Waals surface area contributed by atoms with Crippen molar-refractivity contribution in [1.82, 2.24) is 0 Å². The zero-order chi connectivity index (χ0) is 14.9. The predicted molar refractivity (Wildman–Crippen MR) is 82.1 cm³/mol.